The van der Waals surface area contributed by atoms with Crippen molar-refractivity contribution in [2.75, 3.05) is 12.5 Å². The predicted octanol–water partition coefficient (Wildman–Crippen LogP) is 6.06. The molecule has 0 aliphatic carbocycles. The molecule has 0 unspecified atom stereocenters. The lowest BCUT2D eigenvalue weighted by Crippen LogP contribution is -2.00. The molecule has 1 aromatic heterocycles. The highest BCUT2D eigenvalue weighted by molar-refractivity contribution is 6.42. The lowest BCUT2D eigenvalue weighted by Gasteiger charge is -2.09. The number of hydrazone groups is 1. The highest BCUT2D eigenvalue weighted by Gasteiger charge is 2.10. The molecule has 0 aliphatic rings. The number of methoxy groups -OCH3 is 1. The molecule has 4 rings (SSSR count). The van der Waals surface area contributed by atoms with E-state index in [4.69, 9.17) is 27.9 Å². The molecule has 3 aromatic carbocycles. The second-order valence-corrected chi connectivity index (χ2v) is 6.97. The van der Waals surface area contributed by atoms with Crippen molar-refractivity contribution in [1.82, 2.24) is 9.97 Å². The van der Waals surface area contributed by atoms with Gasteiger partial charge in [0, 0.05) is 16.5 Å². The Balaban J connectivity index is 1.73. The van der Waals surface area contributed by atoms with Gasteiger partial charge >= 0.3 is 0 Å². The van der Waals surface area contributed by atoms with Crippen LogP contribution in [0.2, 0.25) is 10.0 Å². The zero-order valence-electron chi connectivity index (χ0n) is 15.4. The molecule has 7 heteroatoms. The van der Waals surface area contributed by atoms with Crippen molar-refractivity contribution in [3.63, 3.8) is 0 Å². The van der Waals surface area contributed by atoms with E-state index in [0.29, 0.717) is 21.7 Å². The number of nitrogens with zero attached hydrogens (tertiary/aromatic N) is 3. The molecule has 0 saturated heterocycles. The number of benzene rings is 3. The summed E-state index contributed by atoms with van der Waals surface area (Å²) in [5, 5.41) is 6.13. The zero-order valence-corrected chi connectivity index (χ0v) is 16.9. The van der Waals surface area contributed by atoms with Gasteiger partial charge in [-0.15, -0.1) is 0 Å². The topological polar surface area (TPSA) is 59.4 Å². The van der Waals surface area contributed by atoms with Gasteiger partial charge < -0.3 is 4.74 Å². The number of ether oxygens (including phenoxy) is 1. The summed E-state index contributed by atoms with van der Waals surface area (Å²) in [5.74, 6) is 1.85. The first-order valence-corrected chi connectivity index (χ1v) is 9.55. The summed E-state index contributed by atoms with van der Waals surface area (Å²) in [6, 6.07) is 20.7. The monoisotopic (exact) mass is 422 g/mol. The standard InChI is InChI=1S/C22H16Cl2N4O/c1-29-20-9-5-2-6-15(20)13-25-28-22-16-7-3-4-8-19(16)26-21(27-22)14-10-11-17(23)18(24)12-14/h2-13H,1H3,(H,26,27,28). The Labute approximate surface area is 178 Å². The van der Waals surface area contributed by atoms with Gasteiger partial charge in [-0.25, -0.2) is 9.97 Å². The van der Waals surface area contributed by atoms with Gasteiger partial charge in [0.25, 0.3) is 0 Å². The third-order valence-electron chi connectivity index (χ3n) is 4.29. The predicted molar refractivity (Wildman–Crippen MR) is 119 cm³/mol. The molecule has 0 saturated carbocycles. The number of rotatable bonds is 5. The van der Waals surface area contributed by atoms with Crippen LogP contribution >= 0.6 is 23.2 Å². The molecule has 0 amide bonds. The maximum atomic E-state index is 6.16. The van der Waals surface area contributed by atoms with Crippen LogP contribution in [0.4, 0.5) is 5.82 Å². The van der Waals surface area contributed by atoms with E-state index in [2.05, 4.69) is 20.5 Å². The summed E-state index contributed by atoms with van der Waals surface area (Å²) in [6.45, 7) is 0. The fraction of sp³-hybridized carbons (Fsp3) is 0.0455. The SMILES string of the molecule is COc1ccccc1C=NNc1nc(-c2ccc(Cl)c(Cl)c2)nc2ccccc12. The number of hydrogen-bond donors (Lipinski definition) is 1. The number of aromatic nitrogens is 2. The summed E-state index contributed by atoms with van der Waals surface area (Å²) in [4.78, 5) is 9.29. The van der Waals surface area contributed by atoms with Crippen molar-refractivity contribution in [1.29, 1.82) is 0 Å². The maximum absolute atomic E-state index is 6.16. The number of nitrogens with one attached hydrogen (secondary N) is 1. The Bertz CT molecular complexity index is 1210. The number of para-hydroxylation sites is 2. The largest absolute Gasteiger partial charge is 0.496 e. The molecular weight excluding hydrogens is 407 g/mol. The first-order valence-electron chi connectivity index (χ1n) is 8.80. The molecule has 0 aliphatic heterocycles. The smallest absolute Gasteiger partial charge is 0.162 e. The summed E-state index contributed by atoms with van der Waals surface area (Å²) in [6.07, 6.45) is 1.69. The minimum atomic E-state index is 0.449. The van der Waals surface area contributed by atoms with Crippen LogP contribution in [0, 0.1) is 0 Å². The average Bonchev–Trinajstić information content (AvgIpc) is 2.75. The van der Waals surface area contributed by atoms with Crippen molar-refractivity contribution in [2.45, 2.75) is 0 Å². The fourth-order valence-corrected chi connectivity index (χ4v) is 3.16. The van der Waals surface area contributed by atoms with E-state index in [1.807, 2.05) is 54.6 Å². The second-order valence-electron chi connectivity index (χ2n) is 6.15. The molecule has 1 heterocycles. The van der Waals surface area contributed by atoms with Crippen LogP contribution in [-0.4, -0.2) is 23.3 Å². The van der Waals surface area contributed by atoms with Gasteiger partial charge in [0.2, 0.25) is 0 Å². The molecule has 4 aromatic rings. The zero-order chi connectivity index (χ0) is 20.2. The van der Waals surface area contributed by atoms with E-state index in [1.165, 1.54) is 0 Å². The molecule has 144 valence electrons. The van der Waals surface area contributed by atoms with Crippen LogP contribution in [0.25, 0.3) is 22.3 Å². The highest BCUT2D eigenvalue weighted by Crippen LogP contribution is 2.29. The molecular formula is C22H16Cl2N4O. The average molecular weight is 423 g/mol. The van der Waals surface area contributed by atoms with Crippen molar-refractivity contribution >= 4 is 46.1 Å². The third-order valence-corrected chi connectivity index (χ3v) is 5.03. The van der Waals surface area contributed by atoms with Gasteiger partial charge in [-0.1, -0.05) is 47.5 Å². The number of hydrogen-bond acceptors (Lipinski definition) is 5. The lowest BCUT2D eigenvalue weighted by atomic mass is 10.2. The van der Waals surface area contributed by atoms with Crippen LogP contribution in [-0.2, 0) is 0 Å². The molecule has 0 bridgehead atoms. The van der Waals surface area contributed by atoms with Gasteiger partial charge in [0.05, 0.1) is 28.9 Å². The minimum absolute atomic E-state index is 0.449. The maximum Gasteiger partial charge on any atom is 0.162 e. The van der Waals surface area contributed by atoms with E-state index in [-0.39, 0.29) is 0 Å². The molecule has 0 spiro atoms. The van der Waals surface area contributed by atoms with E-state index in [1.54, 1.807) is 25.5 Å². The Hall–Kier alpha value is -3.15. The van der Waals surface area contributed by atoms with Crippen molar-refractivity contribution in [2.24, 2.45) is 5.10 Å². The second kappa shape index (κ2) is 8.47. The third kappa shape index (κ3) is 4.16. The molecule has 1 N–H and O–H groups in total. The van der Waals surface area contributed by atoms with Crippen LogP contribution in [0.15, 0.2) is 71.8 Å². The van der Waals surface area contributed by atoms with E-state index < -0.39 is 0 Å². The van der Waals surface area contributed by atoms with Gasteiger partial charge in [0.1, 0.15) is 5.75 Å². The van der Waals surface area contributed by atoms with E-state index >= 15 is 0 Å². The number of halogens is 2. The van der Waals surface area contributed by atoms with Crippen molar-refractivity contribution in [3.05, 3.63) is 82.3 Å². The summed E-state index contributed by atoms with van der Waals surface area (Å²) in [5.41, 5.74) is 5.44. The summed E-state index contributed by atoms with van der Waals surface area (Å²) < 4.78 is 5.35. The Morgan fingerprint density at radius 1 is 0.931 bits per heavy atom. The van der Waals surface area contributed by atoms with E-state index in [0.717, 1.165) is 27.8 Å². The van der Waals surface area contributed by atoms with Crippen LogP contribution < -0.4 is 10.2 Å². The number of anilines is 1. The molecule has 29 heavy (non-hydrogen) atoms. The molecule has 0 fully saturated rings. The van der Waals surface area contributed by atoms with Crippen LogP contribution in [0.1, 0.15) is 5.56 Å². The number of fused-ring (bicyclic) bond motifs is 1. The molecule has 0 radical (unpaired) electrons. The van der Waals surface area contributed by atoms with Crippen molar-refractivity contribution in [3.8, 4) is 17.1 Å². The van der Waals surface area contributed by atoms with Crippen molar-refractivity contribution < 1.29 is 4.74 Å². The van der Waals surface area contributed by atoms with Gasteiger partial charge in [0.15, 0.2) is 11.6 Å². The lowest BCUT2D eigenvalue weighted by molar-refractivity contribution is 0.414. The van der Waals surface area contributed by atoms with Gasteiger partial charge in [-0.2, -0.15) is 5.10 Å². The first-order chi connectivity index (χ1) is 14.2. The quantitative estimate of drug-likeness (QED) is 0.313. The first kappa shape index (κ1) is 19.2. The van der Waals surface area contributed by atoms with E-state index in [9.17, 15) is 0 Å². The Morgan fingerprint density at radius 3 is 2.55 bits per heavy atom. The highest BCUT2D eigenvalue weighted by atomic mass is 35.5. The van der Waals surface area contributed by atoms with Gasteiger partial charge in [-0.3, -0.25) is 5.43 Å². The Morgan fingerprint density at radius 2 is 1.72 bits per heavy atom. The normalized spacial score (nSPS) is 11.1. The van der Waals surface area contributed by atoms with Crippen LogP contribution in [0.3, 0.4) is 0 Å². The molecule has 0 atom stereocenters. The molecule has 5 nitrogen and oxygen atoms in total. The van der Waals surface area contributed by atoms with Gasteiger partial charge in [-0.05, 0) is 42.5 Å². The van der Waals surface area contributed by atoms with Crippen LogP contribution in [0.5, 0.6) is 5.75 Å². The minimum Gasteiger partial charge on any atom is -0.496 e. The fourth-order valence-electron chi connectivity index (χ4n) is 2.86. The Kier molecular flexibility index (Phi) is 5.60. The summed E-state index contributed by atoms with van der Waals surface area (Å²) >= 11 is 12.2. The summed E-state index contributed by atoms with van der Waals surface area (Å²) in [7, 11) is 1.63.